The molecule has 3 aromatic rings. The van der Waals surface area contributed by atoms with Gasteiger partial charge in [0.05, 0.1) is 6.61 Å². The summed E-state index contributed by atoms with van der Waals surface area (Å²) in [7, 11) is 1.65. The molecule has 0 unspecified atom stereocenters. The Hall–Kier alpha value is -2.91. The molecule has 126 valence electrons. The molecule has 0 atom stereocenters. The largest absolute Gasteiger partial charge is 0.380 e. The maximum Gasteiger partial charge on any atom is 0.255 e. The molecule has 0 saturated heterocycles. The number of carbonyl (C=O) groups is 1. The smallest absolute Gasteiger partial charge is 0.255 e. The fraction of sp³-hybridized carbons (Fsp3) is 0.136. The minimum atomic E-state index is -0.113. The zero-order valence-corrected chi connectivity index (χ0v) is 14.2. The number of hydrogen-bond acceptors (Lipinski definition) is 2. The van der Waals surface area contributed by atoms with Crippen molar-refractivity contribution in [1.82, 2.24) is 0 Å². The number of hydrogen-bond donors (Lipinski definition) is 1. The van der Waals surface area contributed by atoms with Crippen LogP contribution in [0.4, 0.5) is 5.69 Å². The van der Waals surface area contributed by atoms with Crippen LogP contribution in [0.25, 0.3) is 0 Å². The van der Waals surface area contributed by atoms with Crippen molar-refractivity contribution in [3.8, 4) is 0 Å². The molecule has 0 saturated carbocycles. The predicted octanol–water partition coefficient (Wildman–Crippen LogP) is 4.68. The van der Waals surface area contributed by atoms with E-state index in [1.807, 2.05) is 66.7 Å². The number of benzene rings is 3. The topological polar surface area (TPSA) is 38.3 Å². The highest BCUT2D eigenvalue weighted by Crippen LogP contribution is 2.20. The van der Waals surface area contributed by atoms with Crippen LogP contribution in [0.3, 0.4) is 0 Å². The van der Waals surface area contributed by atoms with E-state index in [9.17, 15) is 4.79 Å². The lowest BCUT2D eigenvalue weighted by molar-refractivity contribution is 0.102. The Morgan fingerprint density at radius 2 is 1.60 bits per heavy atom. The Bertz CT molecular complexity index is 843. The molecule has 1 amide bonds. The van der Waals surface area contributed by atoms with Gasteiger partial charge in [0.15, 0.2) is 0 Å². The summed E-state index contributed by atoms with van der Waals surface area (Å²) in [6.45, 7) is 0.492. The summed E-state index contributed by atoms with van der Waals surface area (Å²) in [6, 6.07) is 25.6. The molecule has 3 nitrogen and oxygen atoms in total. The third kappa shape index (κ3) is 4.55. The van der Waals surface area contributed by atoms with E-state index in [0.29, 0.717) is 12.2 Å². The second-order valence-electron chi connectivity index (χ2n) is 5.91. The Morgan fingerprint density at radius 3 is 2.40 bits per heavy atom. The average molecular weight is 331 g/mol. The van der Waals surface area contributed by atoms with E-state index in [0.717, 1.165) is 23.2 Å². The molecule has 1 N–H and O–H groups in total. The Morgan fingerprint density at radius 1 is 0.880 bits per heavy atom. The second-order valence-corrected chi connectivity index (χ2v) is 5.91. The third-order valence-electron chi connectivity index (χ3n) is 4.00. The molecule has 0 heterocycles. The highest BCUT2D eigenvalue weighted by atomic mass is 16.5. The Balaban J connectivity index is 1.78. The zero-order chi connectivity index (χ0) is 17.5. The van der Waals surface area contributed by atoms with Gasteiger partial charge in [-0.1, -0.05) is 60.7 Å². The van der Waals surface area contributed by atoms with Gasteiger partial charge in [0.1, 0.15) is 0 Å². The first kappa shape index (κ1) is 16.9. The molecule has 3 aromatic carbocycles. The van der Waals surface area contributed by atoms with Gasteiger partial charge in [-0.15, -0.1) is 0 Å². The fourth-order valence-corrected chi connectivity index (χ4v) is 2.78. The van der Waals surface area contributed by atoms with Crippen LogP contribution in [-0.4, -0.2) is 13.0 Å². The van der Waals surface area contributed by atoms with E-state index < -0.39 is 0 Å². The minimum absolute atomic E-state index is 0.113. The maximum absolute atomic E-state index is 12.6. The van der Waals surface area contributed by atoms with Gasteiger partial charge in [-0.25, -0.2) is 0 Å². The average Bonchev–Trinajstić information content (AvgIpc) is 2.65. The van der Waals surface area contributed by atoms with Gasteiger partial charge in [0.2, 0.25) is 0 Å². The molecule has 0 bridgehead atoms. The molecule has 0 aliphatic heterocycles. The summed E-state index contributed by atoms with van der Waals surface area (Å²) in [4.78, 5) is 12.6. The first-order valence-electron chi connectivity index (χ1n) is 8.27. The molecular formula is C22H21NO2. The van der Waals surface area contributed by atoms with Crippen LogP contribution in [0.5, 0.6) is 0 Å². The Labute approximate surface area is 148 Å². The number of methoxy groups -OCH3 is 1. The van der Waals surface area contributed by atoms with Crippen molar-refractivity contribution in [1.29, 1.82) is 0 Å². The van der Waals surface area contributed by atoms with Crippen molar-refractivity contribution in [2.45, 2.75) is 13.0 Å². The first-order valence-corrected chi connectivity index (χ1v) is 8.27. The van der Waals surface area contributed by atoms with Gasteiger partial charge in [0, 0.05) is 18.4 Å². The molecule has 25 heavy (non-hydrogen) atoms. The molecule has 0 aliphatic carbocycles. The summed E-state index contributed by atoms with van der Waals surface area (Å²) in [5.74, 6) is -0.113. The molecule has 3 rings (SSSR count). The monoisotopic (exact) mass is 331 g/mol. The van der Waals surface area contributed by atoms with Crippen molar-refractivity contribution in [2.24, 2.45) is 0 Å². The maximum atomic E-state index is 12.6. The second kappa shape index (κ2) is 8.27. The number of rotatable bonds is 6. The van der Waals surface area contributed by atoms with Crippen LogP contribution in [0.1, 0.15) is 27.0 Å². The van der Waals surface area contributed by atoms with Gasteiger partial charge in [-0.3, -0.25) is 4.79 Å². The van der Waals surface area contributed by atoms with E-state index in [-0.39, 0.29) is 5.91 Å². The van der Waals surface area contributed by atoms with Crippen molar-refractivity contribution < 1.29 is 9.53 Å². The minimum Gasteiger partial charge on any atom is -0.380 e. The van der Waals surface area contributed by atoms with Crippen LogP contribution >= 0.6 is 0 Å². The highest BCUT2D eigenvalue weighted by molar-refractivity contribution is 6.04. The number of anilines is 1. The number of amides is 1. The quantitative estimate of drug-likeness (QED) is 0.712. The first-order chi connectivity index (χ1) is 12.3. The lowest BCUT2D eigenvalue weighted by Gasteiger charge is -2.12. The van der Waals surface area contributed by atoms with E-state index in [4.69, 9.17) is 4.74 Å². The van der Waals surface area contributed by atoms with Crippen LogP contribution in [0.2, 0.25) is 0 Å². The predicted molar refractivity (Wildman–Crippen MR) is 101 cm³/mol. The van der Waals surface area contributed by atoms with Gasteiger partial charge in [-0.2, -0.15) is 0 Å². The van der Waals surface area contributed by atoms with Crippen LogP contribution < -0.4 is 5.32 Å². The van der Waals surface area contributed by atoms with Crippen LogP contribution in [0.15, 0.2) is 78.9 Å². The lowest BCUT2D eigenvalue weighted by atomic mass is 10.0. The van der Waals surface area contributed by atoms with Crippen molar-refractivity contribution in [3.63, 3.8) is 0 Å². The van der Waals surface area contributed by atoms with Crippen LogP contribution in [0, 0.1) is 0 Å². The van der Waals surface area contributed by atoms with Gasteiger partial charge >= 0.3 is 0 Å². The van der Waals surface area contributed by atoms with E-state index in [2.05, 4.69) is 17.4 Å². The fourth-order valence-electron chi connectivity index (χ4n) is 2.78. The molecule has 3 heteroatoms. The van der Waals surface area contributed by atoms with Gasteiger partial charge in [-0.05, 0) is 41.3 Å². The lowest BCUT2D eigenvalue weighted by Crippen LogP contribution is -2.13. The number of nitrogens with one attached hydrogen (secondary N) is 1. The highest BCUT2D eigenvalue weighted by Gasteiger charge is 2.10. The molecule has 0 spiro atoms. The van der Waals surface area contributed by atoms with E-state index in [1.165, 1.54) is 5.56 Å². The SMILES string of the molecule is COCc1cccc(C(=O)Nc2ccccc2Cc2ccccc2)c1. The van der Waals surface area contributed by atoms with Gasteiger partial charge in [0.25, 0.3) is 5.91 Å². The van der Waals surface area contributed by atoms with Gasteiger partial charge < -0.3 is 10.1 Å². The zero-order valence-electron chi connectivity index (χ0n) is 14.2. The molecule has 0 aliphatic rings. The van der Waals surface area contributed by atoms with Crippen molar-refractivity contribution in [2.75, 3.05) is 12.4 Å². The molecule has 0 radical (unpaired) electrons. The number of ether oxygens (including phenoxy) is 1. The molecular weight excluding hydrogens is 310 g/mol. The summed E-state index contributed by atoms with van der Waals surface area (Å²) < 4.78 is 5.13. The van der Waals surface area contributed by atoms with Crippen LogP contribution in [-0.2, 0) is 17.8 Å². The molecule has 0 aromatic heterocycles. The summed E-state index contributed by atoms with van der Waals surface area (Å²) in [6.07, 6.45) is 0.779. The summed E-state index contributed by atoms with van der Waals surface area (Å²) in [5.41, 5.74) is 4.76. The Kier molecular flexibility index (Phi) is 5.60. The normalized spacial score (nSPS) is 10.4. The number of para-hydroxylation sites is 1. The third-order valence-corrected chi connectivity index (χ3v) is 4.00. The summed E-state index contributed by atoms with van der Waals surface area (Å²) >= 11 is 0. The standard InChI is InChI=1S/C22H21NO2/c1-25-16-18-10-7-12-20(15-18)22(24)23-21-13-6-5-11-19(21)14-17-8-3-2-4-9-17/h2-13,15H,14,16H2,1H3,(H,23,24). The van der Waals surface area contributed by atoms with E-state index >= 15 is 0 Å². The van der Waals surface area contributed by atoms with Crippen molar-refractivity contribution in [3.05, 3.63) is 101 Å². The van der Waals surface area contributed by atoms with E-state index in [1.54, 1.807) is 7.11 Å². The van der Waals surface area contributed by atoms with Crippen molar-refractivity contribution >= 4 is 11.6 Å². The summed E-state index contributed by atoms with van der Waals surface area (Å²) in [5, 5.41) is 3.04. The molecule has 0 fully saturated rings. The number of carbonyl (C=O) groups excluding carboxylic acids is 1.